The maximum absolute atomic E-state index is 4.30. The van der Waals surface area contributed by atoms with Crippen molar-refractivity contribution in [3.05, 3.63) is 16.1 Å². The molecule has 2 heterocycles. The number of thiazole rings is 1. The summed E-state index contributed by atoms with van der Waals surface area (Å²) in [4.78, 5) is 8.25. The summed E-state index contributed by atoms with van der Waals surface area (Å²) in [5.41, 5.74) is 3.15. The van der Waals surface area contributed by atoms with Gasteiger partial charge in [0.1, 0.15) is 0 Å². The van der Waals surface area contributed by atoms with E-state index in [1.165, 1.54) is 23.5 Å². The van der Waals surface area contributed by atoms with Crippen molar-refractivity contribution in [1.82, 2.24) is 15.2 Å². The van der Waals surface area contributed by atoms with Gasteiger partial charge in [0.2, 0.25) is 0 Å². The molecule has 1 unspecified atom stereocenters. The fraction of sp³-hybridized carbons (Fsp3) is 0.727. The molecule has 3 nitrogen and oxygen atoms in total. The highest BCUT2D eigenvalue weighted by atomic mass is 32.1. The summed E-state index contributed by atoms with van der Waals surface area (Å²) in [6.45, 7) is 8.89. The molecule has 0 aliphatic carbocycles. The molecule has 0 radical (unpaired) electrons. The highest BCUT2D eigenvalue weighted by molar-refractivity contribution is 7.09. The van der Waals surface area contributed by atoms with Gasteiger partial charge in [-0.3, -0.25) is 4.90 Å². The van der Waals surface area contributed by atoms with Gasteiger partial charge in [-0.05, 0) is 13.3 Å². The van der Waals surface area contributed by atoms with Crippen LogP contribution in [0.5, 0.6) is 0 Å². The van der Waals surface area contributed by atoms with Crippen LogP contribution in [0.1, 0.15) is 23.9 Å². The normalized spacial score (nSPS) is 23.2. The maximum Gasteiger partial charge on any atom is 0.0798 e. The van der Waals surface area contributed by atoms with Gasteiger partial charge in [-0.25, -0.2) is 4.98 Å². The Balaban J connectivity index is 1.92. The minimum Gasteiger partial charge on any atom is -0.311 e. The number of rotatable bonds is 3. The van der Waals surface area contributed by atoms with Crippen molar-refractivity contribution in [2.45, 2.75) is 32.9 Å². The highest BCUT2D eigenvalue weighted by Gasteiger charge is 2.18. The van der Waals surface area contributed by atoms with Gasteiger partial charge in [0.25, 0.3) is 0 Å². The van der Waals surface area contributed by atoms with Crippen LogP contribution in [-0.2, 0) is 6.54 Å². The second kappa shape index (κ2) is 5.05. The van der Waals surface area contributed by atoms with E-state index in [0.717, 1.165) is 19.6 Å². The average molecular weight is 225 g/mol. The van der Waals surface area contributed by atoms with Crippen molar-refractivity contribution in [3.63, 3.8) is 0 Å². The zero-order chi connectivity index (χ0) is 10.7. The molecule has 1 aromatic heterocycles. The molecule has 1 atom stereocenters. The summed E-state index contributed by atoms with van der Waals surface area (Å²) in [6, 6.07) is 0.673. The van der Waals surface area contributed by atoms with E-state index in [9.17, 15) is 0 Å². The Morgan fingerprint density at radius 2 is 2.53 bits per heavy atom. The summed E-state index contributed by atoms with van der Waals surface area (Å²) in [7, 11) is 0. The van der Waals surface area contributed by atoms with Crippen LogP contribution in [0.3, 0.4) is 0 Å². The minimum atomic E-state index is 0.673. The molecule has 0 spiro atoms. The first-order valence-electron chi connectivity index (χ1n) is 5.64. The largest absolute Gasteiger partial charge is 0.311 e. The second-order valence-electron chi connectivity index (χ2n) is 4.16. The fourth-order valence-corrected chi connectivity index (χ4v) is 2.81. The zero-order valence-electron chi connectivity index (χ0n) is 9.49. The number of hydrogen-bond donors (Lipinski definition) is 1. The van der Waals surface area contributed by atoms with E-state index in [4.69, 9.17) is 0 Å². The quantitative estimate of drug-likeness (QED) is 0.847. The van der Waals surface area contributed by atoms with Gasteiger partial charge < -0.3 is 5.32 Å². The fourth-order valence-electron chi connectivity index (χ4n) is 1.99. The molecule has 1 aliphatic heterocycles. The van der Waals surface area contributed by atoms with Crippen LogP contribution in [0, 0.1) is 6.92 Å². The lowest BCUT2D eigenvalue weighted by molar-refractivity contribution is 0.191. The Bertz CT molecular complexity index is 311. The average Bonchev–Trinajstić information content (AvgIpc) is 2.65. The number of nitrogens with one attached hydrogen (secondary N) is 1. The van der Waals surface area contributed by atoms with Crippen LogP contribution in [0.25, 0.3) is 0 Å². The molecule has 0 saturated carbocycles. The van der Waals surface area contributed by atoms with E-state index in [2.05, 4.69) is 29.0 Å². The predicted molar refractivity (Wildman–Crippen MR) is 64.2 cm³/mol. The number of hydrogen-bond acceptors (Lipinski definition) is 4. The molecule has 0 amide bonds. The Morgan fingerprint density at radius 1 is 1.67 bits per heavy atom. The number of aryl methyl sites for hydroxylation is 1. The first-order chi connectivity index (χ1) is 7.29. The third-order valence-electron chi connectivity index (χ3n) is 3.04. The molecule has 1 aliphatic rings. The van der Waals surface area contributed by atoms with E-state index in [1.807, 2.05) is 5.51 Å². The molecule has 1 aromatic rings. The molecule has 4 heteroatoms. The van der Waals surface area contributed by atoms with Gasteiger partial charge in [0, 0.05) is 37.1 Å². The van der Waals surface area contributed by atoms with Crippen molar-refractivity contribution < 1.29 is 0 Å². The van der Waals surface area contributed by atoms with Gasteiger partial charge in [-0.15, -0.1) is 11.3 Å². The van der Waals surface area contributed by atoms with Crippen molar-refractivity contribution >= 4 is 11.3 Å². The Morgan fingerprint density at radius 3 is 3.20 bits per heavy atom. The van der Waals surface area contributed by atoms with Gasteiger partial charge >= 0.3 is 0 Å². The number of nitrogens with zero attached hydrogens (tertiary/aromatic N) is 2. The second-order valence-corrected chi connectivity index (χ2v) is 5.09. The number of aromatic nitrogens is 1. The van der Waals surface area contributed by atoms with Crippen LogP contribution in [-0.4, -0.2) is 35.6 Å². The van der Waals surface area contributed by atoms with Gasteiger partial charge in [-0.1, -0.05) is 6.92 Å². The number of piperazine rings is 1. The van der Waals surface area contributed by atoms with Gasteiger partial charge in [0.05, 0.1) is 11.2 Å². The van der Waals surface area contributed by atoms with E-state index < -0.39 is 0 Å². The van der Waals surface area contributed by atoms with Crippen molar-refractivity contribution in [2.75, 3.05) is 19.6 Å². The SMILES string of the molecule is CCC1CN(Cc2scnc2C)CCN1. The van der Waals surface area contributed by atoms with Crippen LogP contribution < -0.4 is 5.32 Å². The molecule has 1 N–H and O–H groups in total. The lowest BCUT2D eigenvalue weighted by Gasteiger charge is -2.32. The molecular formula is C11H19N3S. The van der Waals surface area contributed by atoms with E-state index in [0.29, 0.717) is 6.04 Å². The molecule has 0 aromatic carbocycles. The van der Waals surface area contributed by atoms with E-state index in [-0.39, 0.29) is 0 Å². The Hall–Kier alpha value is -0.450. The smallest absolute Gasteiger partial charge is 0.0798 e. The van der Waals surface area contributed by atoms with E-state index >= 15 is 0 Å². The standard InChI is InChI=1S/C11H19N3S/c1-3-10-6-14(5-4-12-10)7-11-9(2)13-8-15-11/h8,10,12H,3-7H2,1-2H3. The topological polar surface area (TPSA) is 28.2 Å². The predicted octanol–water partition coefficient (Wildman–Crippen LogP) is 1.64. The monoisotopic (exact) mass is 225 g/mol. The van der Waals surface area contributed by atoms with Crippen LogP contribution in [0.4, 0.5) is 0 Å². The summed E-state index contributed by atoms with van der Waals surface area (Å²) in [5.74, 6) is 0. The zero-order valence-corrected chi connectivity index (χ0v) is 10.3. The molecule has 15 heavy (non-hydrogen) atoms. The summed E-state index contributed by atoms with van der Waals surface area (Å²) < 4.78 is 0. The van der Waals surface area contributed by atoms with Gasteiger partial charge in [-0.2, -0.15) is 0 Å². The lowest BCUT2D eigenvalue weighted by atomic mass is 10.1. The van der Waals surface area contributed by atoms with Crippen LogP contribution in [0.2, 0.25) is 0 Å². The third kappa shape index (κ3) is 2.77. The van der Waals surface area contributed by atoms with Crippen LogP contribution in [0.15, 0.2) is 5.51 Å². The minimum absolute atomic E-state index is 0.673. The first-order valence-corrected chi connectivity index (χ1v) is 6.52. The first kappa shape index (κ1) is 11.0. The van der Waals surface area contributed by atoms with E-state index in [1.54, 1.807) is 11.3 Å². The summed E-state index contributed by atoms with van der Waals surface area (Å²) in [6.07, 6.45) is 1.22. The Kier molecular flexibility index (Phi) is 3.72. The summed E-state index contributed by atoms with van der Waals surface area (Å²) >= 11 is 1.78. The van der Waals surface area contributed by atoms with Crippen molar-refractivity contribution in [3.8, 4) is 0 Å². The third-order valence-corrected chi connectivity index (χ3v) is 3.96. The lowest BCUT2D eigenvalue weighted by Crippen LogP contribution is -2.49. The highest BCUT2D eigenvalue weighted by Crippen LogP contribution is 2.16. The molecule has 1 saturated heterocycles. The molecule has 2 rings (SSSR count). The van der Waals surface area contributed by atoms with Crippen molar-refractivity contribution in [1.29, 1.82) is 0 Å². The maximum atomic E-state index is 4.30. The van der Waals surface area contributed by atoms with Crippen molar-refractivity contribution in [2.24, 2.45) is 0 Å². The molecular weight excluding hydrogens is 206 g/mol. The Labute approximate surface area is 95.5 Å². The van der Waals surface area contributed by atoms with Crippen LogP contribution >= 0.6 is 11.3 Å². The summed E-state index contributed by atoms with van der Waals surface area (Å²) in [5, 5.41) is 3.54. The van der Waals surface area contributed by atoms with Gasteiger partial charge in [0.15, 0.2) is 0 Å². The molecule has 1 fully saturated rings. The molecule has 84 valence electrons. The molecule has 0 bridgehead atoms.